The first-order valence-corrected chi connectivity index (χ1v) is 4.71. The SMILES string of the molecule is COC(=O)/C(=C/c1cc(F)cc(F)c1)C(C)=O. The molecule has 0 fully saturated rings. The number of ether oxygens (including phenoxy) is 1. The highest BCUT2D eigenvalue weighted by atomic mass is 19.1. The summed E-state index contributed by atoms with van der Waals surface area (Å²) in [7, 11) is 1.12. The van der Waals surface area contributed by atoms with Gasteiger partial charge in [-0.3, -0.25) is 4.79 Å². The van der Waals surface area contributed by atoms with Gasteiger partial charge in [0.25, 0.3) is 0 Å². The highest BCUT2D eigenvalue weighted by molar-refractivity contribution is 6.19. The third kappa shape index (κ3) is 3.48. The molecule has 0 aliphatic rings. The molecule has 90 valence electrons. The van der Waals surface area contributed by atoms with E-state index < -0.39 is 23.4 Å². The van der Waals surface area contributed by atoms with E-state index in [1.165, 1.54) is 6.92 Å². The molecule has 0 amide bonds. The Hall–Kier alpha value is -2.04. The van der Waals surface area contributed by atoms with E-state index in [2.05, 4.69) is 4.74 Å². The lowest BCUT2D eigenvalue weighted by atomic mass is 10.1. The second kappa shape index (κ2) is 5.34. The number of hydrogen-bond acceptors (Lipinski definition) is 3. The quantitative estimate of drug-likeness (QED) is 0.352. The van der Waals surface area contributed by atoms with Gasteiger partial charge in [-0.15, -0.1) is 0 Å². The lowest BCUT2D eigenvalue weighted by Gasteiger charge is -2.02. The molecule has 0 saturated heterocycles. The number of halogens is 2. The predicted octanol–water partition coefficient (Wildman–Crippen LogP) is 2.11. The number of rotatable bonds is 3. The fourth-order valence-corrected chi connectivity index (χ4v) is 1.24. The number of hydrogen-bond donors (Lipinski definition) is 0. The summed E-state index contributed by atoms with van der Waals surface area (Å²) < 4.78 is 30.2. The Labute approximate surface area is 96.7 Å². The number of Topliss-reactive ketones (excluding diaryl/α,β-unsaturated/α-hetero) is 1. The zero-order valence-corrected chi connectivity index (χ0v) is 9.29. The highest BCUT2D eigenvalue weighted by Crippen LogP contribution is 2.13. The van der Waals surface area contributed by atoms with Crippen LogP contribution in [0.1, 0.15) is 12.5 Å². The van der Waals surface area contributed by atoms with E-state index in [1.54, 1.807) is 0 Å². The maximum Gasteiger partial charge on any atom is 0.341 e. The van der Waals surface area contributed by atoms with Crippen LogP contribution >= 0.6 is 0 Å². The minimum Gasteiger partial charge on any atom is -0.465 e. The van der Waals surface area contributed by atoms with Gasteiger partial charge in [-0.2, -0.15) is 0 Å². The first-order chi connectivity index (χ1) is 7.93. The van der Waals surface area contributed by atoms with Crippen molar-refractivity contribution in [3.05, 3.63) is 41.0 Å². The molecule has 0 saturated carbocycles. The van der Waals surface area contributed by atoms with Crippen LogP contribution in [0.2, 0.25) is 0 Å². The fourth-order valence-electron chi connectivity index (χ4n) is 1.24. The van der Waals surface area contributed by atoms with E-state index in [0.717, 1.165) is 25.3 Å². The summed E-state index contributed by atoms with van der Waals surface area (Å²) in [6.07, 6.45) is 1.08. The molecular formula is C12H10F2O3. The van der Waals surface area contributed by atoms with Crippen LogP contribution in [0.3, 0.4) is 0 Å². The van der Waals surface area contributed by atoms with E-state index in [1.807, 2.05) is 0 Å². The van der Waals surface area contributed by atoms with Crippen LogP contribution in [-0.4, -0.2) is 18.9 Å². The number of carbonyl (C=O) groups excluding carboxylic acids is 2. The molecule has 0 unspecified atom stereocenters. The van der Waals surface area contributed by atoms with Gasteiger partial charge in [-0.1, -0.05) is 0 Å². The van der Waals surface area contributed by atoms with Crippen molar-refractivity contribution in [3.8, 4) is 0 Å². The molecule has 0 bridgehead atoms. The van der Waals surface area contributed by atoms with Crippen LogP contribution in [0.4, 0.5) is 8.78 Å². The smallest absolute Gasteiger partial charge is 0.341 e. The molecule has 17 heavy (non-hydrogen) atoms. The number of carbonyl (C=O) groups is 2. The van der Waals surface area contributed by atoms with Gasteiger partial charge in [0, 0.05) is 6.07 Å². The topological polar surface area (TPSA) is 43.4 Å². The Morgan fingerprint density at radius 2 is 1.71 bits per heavy atom. The van der Waals surface area contributed by atoms with Crippen LogP contribution in [0.5, 0.6) is 0 Å². The third-order valence-electron chi connectivity index (χ3n) is 1.98. The van der Waals surface area contributed by atoms with Crippen molar-refractivity contribution in [3.63, 3.8) is 0 Å². The van der Waals surface area contributed by atoms with E-state index in [4.69, 9.17) is 0 Å². The number of ketones is 1. The van der Waals surface area contributed by atoms with Crippen molar-refractivity contribution in [1.82, 2.24) is 0 Å². The molecule has 5 heteroatoms. The van der Waals surface area contributed by atoms with Crippen molar-refractivity contribution in [2.24, 2.45) is 0 Å². The predicted molar refractivity (Wildman–Crippen MR) is 57.0 cm³/mol. The Morgan fingerprint density at radius 3 is 2.12 bits per heavy atom. The average molecular weight is 240 g/mol. The zero-order chi connectivity index (χ0) is 13.0. The van der Waals surface area contributed by atoms with E-state index >= 15 is 0 Å². The third-order valence-corrected chi connectivity index (χ3v) is 1.98. The number of methoxy groups -OCH3 is 1. The average Bonchev–Trinajstić information content (AvgIpc) is 2.23. The van der Waals surface area contributed by atoms with Crippen LogP contribution in [0, 0.1) is 11.6 Å². The van der Waals surface area contributed by atoms with Gasteiger partial charge >= 0.3 is 5.97 Å². The van der Waals surface area contributed by atoms with Gasteiger partial charge in [0.05, 0.1) is 7.11 Å². The summed E-state index contributed by atoms with van der Waals surface area (Å²) in [5.74, 6) is -2.96. The standard InChI is InChI=1S/C12H10F2O3/c1-7(15)11(12(16)17-2)5-8-3-9(13)6-10(14)4-8/h3-6H,1-2H3/b11-5+. The summed E-state index contributed by atoms with van der Waals surface area (Å²) in [6.45, 7) is 1.17. The Bertz CT molecular complexity index is 472. The first kappa shape index (κ1) is 13.0. The fraction of sp³-hybridized carbons (Fsp3) is 0.167. The van der Waals surface area contributed by atoms with Gasteiger partial charge in [0.15, 0.2) is 5.78 Å². The molecule has 0 aliphatic heterocycles. The molecule has 0 aromatic heterocycles. The largest absolute Gasteiger partial charge is 0.465 e. The van der Waals surface area contributed by atoms with Gasteiger partial charge in [-0.05, 0) is 30.7 Å². The van der Waals surface area contributed by atoms with E-state index in [0.29, 0.717) is 6.07 Å². The number of benzene rings is 1. The van der Waals surface area contributed by atoms with Gasteiger partial charge < -0.3 is 4.74 Å². The molecule has 1 rings (SSSR count). The summed E-state index contributed by atoms with van der Waals surface area (Å²) in [5.41, 5.74) is -0.185. The monoisotopic (exact) mass is 240 g/mol. The lowest BCUT2D eigenvalue weighted by molar-refractivity contribution is -0.137. The zero-order valence-electron chi connectivity index (χ0n) is 9.29. The van der Waals surface area contributed by atoms with Crippen molar-refractivity contribution in [2.45, 2.75) is 6.92 Å². The summed E-state index contributed by atoms with van der Waals surface area (Å²) >= 11 is 0. The van der Waals surface area contributed by atoms with Crippen LogP contribution in [0.15, 0.2) is 23.8 Å². The van der Waals surface area contributed by atoms with Crippen LogP contribution < -0.4 is 0 Å². The van der Waals surface area contributed by atoms with Crippen molar-refractivity contribution >= 4 is 17.8 Å². The molecule has 3 nitrogen and oxygen atoms in total. The summed E-state index contributed by atoms with van der Waals surface area (Å²) in [6, 6.07) is 2.72. The first-order valence-electron chi connectivity index (χ1n) is 4.71. The number of esters is 1. The Morgan fingerprint density at radius 1 is 1.18 bits per heavy atom. The molecule has 0 spiro atoms. The second-order valence-electron chi connectivity index (χ2n) is 3.31. The Kier molecular flexibility index (Phi) is 4.09. The molecular weight excluding hydrogens is 230 g/mol. The maximum atomic E-state index is 12.9. The molecule has 0 aliphatic carbocycles. The van der Waals surface area contributed by atoms with Crippen LogP contribution in [0.25, 0.3) is 6.08 Å². The molecule has 0 heterocycles. The molecule has 0 radical (unpaired) electrons. The molecule has 1 aromatic carbocycles. The molecule has 0 N–H and O–H groups in total. The van der Waals surface area contributed by atoms with Crippen LogP contribution in [-0.2, 0) is 14.3 Å². The van der Waals surface area contributed by atoms with E-state index in [9.17, 15) is 18.4 Å². The Balaban J connectivity index is 3.21. The van der Waals surface area contributed by atoms with Gasteiger partial charge in [0.2, 0.25) is 0 Å². The summed E-state index contributed by atoms with van der Waals surface area (Å²) in [5, 5.41) is 0. The van der Waals surface area contributed by atoms with Gasteiger partial charge in [0.1, 0.15) is 17.2 Å². The van der Waals surface area contributed by atoms with Crippen molar-refractivity contribution < 1.29 is 23.1 Å². The van der Waals surface area contributed by atoms with E-state index in [-0.39, 0.29) is 11.1 Å². The highest BCUT2D eigenvalue weighted by Gasteiger charge is 2.15. The normalized spacial score (nSPS) is 11.2. The molecule has 1 aromatic rings. The summed E-state index contributed by atoms with van der Waals surface area (Å²) in [4.78, 5) is 22.4. The molecule has 0 atom stereocenters. The minimum absolute atomic E-state index is 0.0816. The lowest BCUT2D eigenvalue weighted by Crippen LogP contribution is -2.11. The minimum atomic E-state index is -0.845. The van der Waals surface area contributed by atoms with Gasteiger partial charge in [-0.25, -0.2) is 13.6 Å². The maximum absolute atomic E-state index is 12.9. The van der Waals surface area contributed by atoms with Crippen molar-refractivity contribution in [1.29, 1.82) is 0 Å². The van der Waals surface area contributed by atoms with Crippen molar-refractivity contribution in [2.75, 3.05) is 7.11 Å². The second-order valence-corrected chi connectivity index (χ2v) is 3.31.